The van der Waals surface area contributed by atoms with Gasteiger partial charge in [0.15, 0.2) is 0 Å². The van der Waals surface area contributed by atoms with Crippen LogP contribution in [0, 0.1) is 0 Å². The Bertz CT molecular complexity index is 711. The molecule has 2 heterocycles. The lowest BCUT2D eigenvalue weighted by atomic mass is 10.1. The summed E-state index contributed by atoms with van der Waals surface area (Å²) in [6, 6.07) is 8.44. The van der Waals surface area contributed by atoms with Crippen LogP contribution in [0.4, 0.5) is 13.2 Å². The number of carbonyl (C=O) groups excluding carboxylic acids is 1. The van der Waals surface area contributed by atoms with Crippen molar-refractivity contribution < 1.29 is 22.7 Å². The summed E-state index contributed by atoms with van der Waals surface area (Å²) in [6.07, 6.45) is -0.397. The molecular formula is C18H17F3N2O2. The number of benzene rings is 1. The first-order chi connectivity index (χ1) is 11.9. The molecule has 0 saturated carbocycles. The van der Waals surface area contributed by atoms with E-state index >= 15 is 0 Å². The minimum absolute atomic E-state index is 0.0190. The summed E-state index contributed by atoms with van der Waals surface area (Å²) in [5, 5.41) is 0. The summed E-state index contributed by atoms with van der Waals surface area (Å²) in [5.41, 5.74) is 0.0351. The highest BCUT2D eigenvalue weighted by Gasteiger charge is 2.32. The zero-order valence-electron chi connectivity index (χ0n) is 13.4. The van der Waals surface area contributed by atoms with Crippen molar-refractivity contribution >= 4 is 5.91 Å². The molecule has 0 bridgehead atoms. The van der Waals surface area contributed by atoms with Gasteiger partial charge in [-0.15, -0.1) is 0 Å². The number of aryl methyl sites for hydroxylation is 1. The lowest BCUT2D eigenvalue weighted by Gasteiger charge is -2.39. The Kier molecular flexibility index (Phi) is 4.92. The normalized spacial score (nSPS) is 14.9. The van der Waals surface area contributed by atoms with Gasteiger partial charge in [-0.3, -0.25) is 9.78 Å². The molecule has 0 radical (unpaired) electrons. The molecule has 1 aliphatic rings. The lowest BCUT2D eigenvalue weighted by Crippen LogP contribution is -2.56. The Morgan fingerprint density at radius 3 is 2.36 bits per heavy atom. The molecular weight excluding hydrogens is 333 g/mol. The number of nitrogens with zero attached hydrogens (tertiary/aromatic N) is 2. The Hall–Kier alpha value is -2.57. The van der Waals surface area contributed by atoms with Gasteiger partial charge in [0, 0.05) is 18.8 Å². The van der Waals surface area contributed by atoms with Crippen LogP contribution in [0.25, 0.3) is 0 Å². The zero-order valence-corrected chi connectivity index (χ0v) is 13.4. The van der Waals surface area contributed by atoms with E-state index in [9.17, 15) is 18.0 Å². The number of carbonyl (C=O) groups is 1. The average Bonchev–Trinajstić information content (AvgIpc) is 2.56. The van der Waals surface area contributed by atoms with Crippen LogP contribution in [0.5, 0.6) is 5.75 Å². The number of likely N-dealkylation sites (tertiary alicyclic amines) is 1. The SMILES string of the molecule is O=C(CCc1ccc(C(F)(F)F)cc1)N1CC(Oc2ccncc2)C1. The van der Waals surface area contributed by atoms with Crippen LogP contribution in [0.15, 0.2) is 48.8 Å². The first-order valence-electron chi connectivity index (χ1n) is 7.92. The molecule has 132 valence electrons. The quantitative estimate of drug-likeness (QED) is 0.831. The van der Waals surface area contributed by atoms with Crippen LogP contribution < -0.4 is 4.74 Å². The lowest BCUT2D eigenvalue weighted by molar-refractivity contribution is -0.140. The van der Waals surface area contributed by atoms with E-state index in [1.54, 1.807) is 29.4 Å². The molecule has 7 heteroatoms. The van der Waals surface area contributed by atoms with Gasteiger partial charge in [-0.05, 0) is 36.2 Å². The third-order valence-corrected chi connectivity index (χ3v) is 4.06. The largest absolute Gasteiger partial charge is 0.487 e. The summed E-state index contributed by atoms with van der Waals surface area (Å²) in [6.45, 7) is 1.04. The van der Waals surface area contributed by atoms with Crippen molar-refractivity contribution in [2.24, 2.45) is 0 Å². The van der Waals surface area contributed by atoms with Gasteiger partial charge in [0.1, 0.15) is 11.9 Å². The van der Waals surface area contributed by atoms with E-state index in [1.165, 1.54) is 12.1 Å². The monoisotopic (exact) mass is 350 g/mol. The minimum atomic E-state index is -4.34. The smallest absolute Gasteiger partial charge is 0.416 e. The van der Waals surface area contributed by atoms with Crippen LogP contribution in [-0.4, -0.2) is 35.0 Å². The van der Waals surface area contributed by atoms with Gasteiger partial charge in [-0.1, -0.05) is 12.1 Å². The average molecular weight is 350 g/mol. The topological polar surface area (TPSA) is 42.4 Å². The maximum absolute atomic E-state index is 12.5. The molecule has 2 aromatic rings. The molecule has 0 atom stereocenters. The predicted octanol–water partition coefficient (Wildman–Crippen LogP) is 3.32. The van der Waals surface area contributed by atoms with Crippen molar-refractivity contribution in [2.75, 3.05) is 13.1 Å². The van der Waals surface area contributed by atoms with Crippen LogP contribution in [0.2, 0.25) is 0 Å². The van der Waals surface area contributed by atoms with Crippen molar-refractivity contribution in [1.82, 2.24) is 9.88 Å². The highest BCUT2D eigenvalue weighted by Crippen LogP contribution is 2.29. The Labute approximate surface area is 143 Å². The van der Waals surface area contributed by atoms with E-state index in [1.807, 2.05) is 0 Å². The first-order valence-corrected chi connectivity index (χ1v) is 7.92. The summed E-state index contributed by atoms with van der Waals surface area (Å²) in [5.74, 6) is 0.700. The van der Waals surface area contributed by atoms with Gasteiger partial charge in [-0.2, -0.15) is 13.2 Å². The molecule has 0 unspecified atom stereocenters. The number of hydrogen-bond donors (Lipinski definition) is 0. The second-order valence-corrected chi connectivity index (χ2v) is 5.92. The summed E-state index contributed by atoms with van der Waals surface area (Å²) < 4.78 is 43.2. The van der Waals surface area contributed by atoms with Crippen molar-refractivity contribution in [3.05, 3.63) is 59.9 Å². The highest BCUT2D eigenvalue weighted by molar-refractivity contribution is 5.77. The van der Waals surface area contributed by atoms with Gasteiger partial charge in [0.2, 0.25) is 5.91 Å². The molecule has 1 aliphatic heterocycles. The van der Waals surface area contributed by atoms with Gasteiger partial charge in [0.25, 0.3) is 0 Å². The van der Waals surface area contributed by atoms with Crippen molar-refractivity contribution in [2.45, 2.75) is 25.1 Å². The van der Waals surface area contributed by atoms with E-state index in [0.717, 1.165) is 17.9 Å². The van der Waals surface area contributed by atoms with Crippen molar-refractivity contribution in [1.29, 1.82) is 0 Å². The third kappa shape index (κ3) is 4.49. The first kappa shape index (κ1) is 17.3. The van der Waals surface area contributed by atoms with Gasteiger partial charge in [0.05, 0.1) is 18.7 Å². The fourth-order valence-corrected chi connectivity index (χ4v) is 2.60. The molecule has 1 amide bonds. The number of rotatable bonds is 5. The fourth-order valence-electron chi connectivity index (χ4n) is 2.60. The number of ether oxygens (including phenoxy) is 1. The van der Waals surface area contributed by atoms with Gasteiger partial charge in [-0.25, -0.2) is 0 Å². The predicted molar refractivity (Wildman–Crippen MR) is 85.0 cm³/mol. The fraction of sp³-hybridized carbons (Fsp3) is 0.333. The number of hydrogen-bond acceptors (Lipinski definition) is 3. The molecule has 0 aliphatic carbocycles. The van der Waals surface area contributed by atoms with E-state index in [-0.39, 0.29) is 18.4 Å². The Morgan fingerprint density at radius 2 is 1.76 bits per heavy atom. The van der Waals surface area contributed by atoms with Crippen LogP contribution in [0.3, 0.4) is 0 Å². The second kappa shape index (κ2) is 7.13. The van der Waals surface area contributed by atoms with E-state index in [4.69, 9.17) is 4.74 Å². The molecule has 3 rings (SSSR count). The standard InChI is InChI=1S/C18H17F3N2O2/c19-18(20,21)14-4-1-13(2-5-14)3-6-17(24)23-11-16(12-23)25-15-7-9-22-10-8-15/h1-2,4-5,7-10,16H,3,6,11-12H2. The van der Waals surface area contributed by atoms with E-state index < -0.39 is 11.7 Å². The third-order valence-electron chi connectivity index (χ3n) is 4.06. The Balaban J connectivity index is 1.42. The molecule has 25 heavy (non-hydrogen) atoms. The van der Waals surface area contributed by atoms with Gasteiger partial charge < -0.3 is 9.64 Å². The van der Waals surface area contributed by atoms with E-state index in [2.05, 4.69) is 4.98 Å². The molecule has 1 saturated heterocycles. The van der Waals surface area contributed by atoms with Crippen LogP contribution >= 0.6 is 0 Å². The van der Waals surface area contributed by atoms with Crippen LogP contribution in [0.1, 0.15) is 17.5 Å². The second-order valence-electron chi connectivity index (χ2n) is 5.92. The summed E-state index contributed by atoms with van der Waals surface area (Å²) >= 11 is 0. The molecule has 0 spiro atoms. The summed E-state index contributed by atoms with van der Waals surface area (Å²) in [7, 11) is 0. The summed E-state index contributed by atoms with van der Waals surface area (Å²) in [4.78, 5) is 17.7. The molecule has 1 aromatic heterocycles. The molecule has 1 aromatic carbocycles. The maximum Gasteiger partial charge on any atom is 0.416 e. The van der Waals surface area contributed by atoms with Crippen molar-refractivity contribution in [3.63, 3.8) is 0 Å². The zero-order chi connectivity index (χ0) is 17.9. The Morgan fingerprint density at radius 1 is 1.12 bits per heavy atom. The molecule has 4 nitrogen and oxygen atoms in total. The number of amides is 1. The maximum atomic E-state index is 12.5. The van der Waals surface area contributed by atoms with Gasteiger partial charge >= 0.3 is 6.18 Å². The van der Waals surface area contributed by atoms with E-state index in [0.29, 0.717) is 25.1 Å². The highest BCUT2D eigenvalue weighted by atomic mass is 19.4. The number of alkyl halides is 3. The minimum Gasteiger partial charge on any atom is -0.487 e. The number of aromatic nitrogens is 1. The number of halogens is 3. The molecule has 0 N–H and O–H groups in total. The van der Waals surface area contributed by atoms with Crippen LogP contribution in [-0.2, 0) is 17.4 Å². The van der Waals surface area contributed by atoms with Crippen molar-refractivity contribution in [3.8, 4) is 5.75 Å². The molecule has 1 fully saturated rings. The number of pyridine rings is 1.